The number of amides is 1. The van der Waals surface area contributed by atoms with Crippen molar-refractivity contribution < 1.29 is 4.79 Å². The fraction of sp³-hybridized carbons (Fsp3) is 0.909. The van der Waals surface area contributed by atoms with Gasteiger partial charge in [0, 0.05) is 31.6 Å². The van der Waals surface area contributed by atoms with E-state index < -0.39 is 0 Å². The quantitative estimate of drug-likeness (QED) is 0.635. The molecule has 0 bridgehead atoms. The second-order valence-corrected chi connectivity index (χ2v) is 5.19. The van der Waals surface area contributed by atoms with Gasteiger partial charge in [0.25, 0.3) is 0 Å². The molecule has 1 rings (SSSR count). The number of carbonyl (C=O) groups is 1. The molecule has 1 unspecified atom stereocenters. The average molecular weight is 198 g/mol. The van der Waals surface area contributed by atoms with Crippen LogP contribution in [-0.2, 0) is 4.79 Å². The van der Waals surface area contributed by atoms with Gasteiger partial charge in [-0.2, -0.15) is 0 Å². The smallest absolute Gasteiger partial charge is 0.219 e. The van der Waals surface area contributed by atoms with E-state index in [1.807, 2.05) is 4.90 Å². The van der Waals surface area contributed by atoms with Crippen LogP contribution in [0, 0.1) is 0 Å². The highest BCUT2D eigenvalue weighted by molar-refractivity contribution is 5.73. The van der Waals surface area contributed by atoms with Crippen molar-refractivity contribution >= 4 is 5.91 Å². The van der Waals surface area contributed by atoms with Crippen LogP contribution in [0.25, 0.3) is 0 Å². The fourth-order valence-electron chi connectivity index (χ4n) is 1.89. The SMILES string of the molecule is CC(=O)N1CCC(N(C)C(C)(C)C)C1. The van der Waals surface area contributed by atoms with Crippen molar-refractivity contribution in [2.75, 3.05) is 20.1 Å². The van der Waals surface area contributed by atoms with Gasteiger partial charge in [-0.1, -0.05) is 0 Å². The van der Waals surface area contributed by atoms with E-state index in [1.54, 1.807) is 6.92 Å². The van der Waals surface area contributed by atoms with E-state index in [2.05, 4.69) is 32.7 Å². The molecular weight excluding hydrogens is 176 g/mol. The summed E-state index contributed by atoms with van der Waals surface area (Å²) in [5, 5.41) is 0. The Labute approximate surface area is 87.1 Å². The van der Waals surface area contributed by atoms with E-state index in [-0.39, 0.29) is 11.4 Å². The molecule has 0 radical (unpaired) electrons. The monoisotopic (exact) mass is 198 g/mol. The predicted molar refractivity (Wildman–Crippen MR) is 58.2 cm³/mol. The molecule has 1 aliphatic rings. The molecule has 14 heavy (non-hydrogen) atoms. The number of carbonyl (C=O) groups excluding carboxylic acids is 1. The lowest BCUT2D eigenvalue weighted by atomic mass is 10.0. The molecule has 0 spiro atoms. The van der Waals surface area contributed by atoms with Crippen LogP contribution in [0.3, 0.4) is 0 Å². The highest BCUT2D eigenvalue weighted by atomic mass is 16.2. The van der Waals surface area contributed by atoms with Crippen LogP contribution in [0.2, 0.25) is 0 Å². The van der Waals surface area contributed by atoms with Gasteiger partial charge in [0.05, 0.1) is 0 Å². The van der Waals surface area contributed by atoms with E-state index in [0.717, 1.165) is 19.5 Å². The molecular formula is C11H22N2O. The zero-order chi connectivity index (χ0) is 10.9. The maximum absolute atomic E-state index is 11.2. The van der Waals surface area contributed by atoms with E-state index >= 15 is 0 Å². The van der Waals surface area contributed by atoms with Crippen molar-refractivity contribution in [3.63, 3.8) is 0 Å². The van der Waals surface area contributed by atoms with E-state index in [4.69, 9.17) is 0 Å². The number of hydrogen-bond acceptors (Lipinski definition) is 2. The van der Waals surface area contributed by atoms with E-state index in [9.17, 15) is 4.79 Å². The summed E-state index contributed by atoms with van der Waals surface area (Å²) >= 11 is 0. The van der Waals surface area contributed by atoms with Crippen LogP contribution in [0.15, 0.2) is 0 Å². The molecule has 82 valence electrons. The minimum Gasteiger partial charge on any atom is -0.341 e. The largest absolute Gasteiger partial charge is 0.341 e. The van der Waals surface area contributed by atoms with Crippen LogP contribution < -0.4 is 0 Å². The van der Waals surface area contributed by atoms with Crippen LogP contribution in [0.1, 0.15) is 34.1 Å². The third kappa shape index (κ3) is 2.47. The van der Waals surface area contributed by atoms with Gasteiger partial charge >= 0.3 is 0 Å². The summed E-state index contributed by atoms with van der Waals surface area (Å²) in [6.07, 6.45) is 1.10. The van der Waals surface area contributed by atoms with Gasteiger partial charge in [0.1, 0.15) is 0 Å². The van der Waals surface area contributed by atoms with Crippen molar-refractivity contribution in [3.05, 3.63) is 0 Å². The minimum absolute atomic E-state index is 0.192. The molecule has 0 aromatic rings. The highest BCUT2D eigenvalue weighted by Gasteiger charge is 2.31. The summed E-state index contributed by atoms with van der Waals surface area (Å²) in [5.41, 5.74) is 0.192. The van der Waals surface area contributed by atoms with Crippen LogP contribution in [0.5, 0.6) is 0 Å². The lowest BCUT2D eigenvalue weighted by Gasteiger charge is -2.36. The summed E-state index contributed by atoms with van der Waals surface area (Å²) in [4.78, 5) is 15.5. The molecule has 1 fully saturated rings. The van der Waals surface area contributed by atoms with Gasteiger partial charge < -0.3 is 4.90 Å². The summed E-state index contributed by atoms with van der Waals surface area (Å²) < 4.78 is 0. The first-order chi connectivity index (χ1) is 6.32. The van der Waals surface area contributed by atoms with Crippen molar-refractivity contribution in [1.82, 2.24) is 9.80 Å². The molecule has 1 amide bonds. The highest BCUT2D eigenvalue weighted by Crippen LogP contribution is 2.21. The molecule has 0 aromatic carbocycles. The number of nitrogens with zero attached hydrogens (tertiary/aromatic N) is 2. The normalized spacial score (nSPS) is 23.3. The lowest BCUT2D eigenvalue weighted by Crippen LogP contribution is -2.46. The molecule has 1 aliphatic heterocycles. The number of hydrogen-bond donors (Lipinski definition) is 0. The number of likely N-dealkylation sites (tertiary alicyclic amines) is 1. The summed E-state index contributed by atoms with van der Waals surface area (Å²) in [6.45, 7) is 10.1. The Morgan fingerprint density at radius 3 is 2.36 bits per heavy atom. The second-order valence-electron chi connectivity index (χ2n) is 5.19. The van der Waals surface area contributed by atoms with Gasteiger partial charge in [0.15, 0.2) is 0 Å². The van der Waals surface area contributed by atoms with Gasteiger partial charge in [-0.3, -0.25) is 9.69 Å². The Kier molecular flexibility index (Phi) is 3.20. The first-order valence-corrected chi connectivity index (χ1v) is 5.31. The number of likely N-dealkylation sites (N-methyl/N-ethyl adjacent to an activating group) is 1. The molecule has 1 saturated heterocycles. The number of rotatable bonds is 1. The molecule has 0 N–H and O–H groups in total. The topological polar surface area (TPSA) is 23.6 Å². The third-order valence-corrected chi connectivity index (χ3v) is 3.21. The maximum atomic E-state index is 11.2. The van der Waals surface area contributed by atoms with Gasteiger partial charge in [0.2, 0.25) is 5.91 Å². The lowest BCUT2D eigenvalue weighted by molar-refractivity contribution is -0.128. The molecule has 0 saturated carbocycles. The van der Waals surface area contributed by atoms with Crippen molar-refractivity contribution in [3.8, 4) is 0 Å². The predicted octanol–water partition coefficient (Wildman–Crippen LogP) is 1.34. The standard InChI is InChI=1S/C11H22N2O/c1-9(14)13-7-6-10(8-13)12(5)11(2,3)4/h10H,6-8H2,1-5H3. The Bertz CT molecular complexity index is 220. The van der Waals surface area contributed by atoms with E-state index in [0.29, 0.717) is 6.04 Å². The van der Waals surface area contributed by atoms with Crippen molar-refractivity contribution in [2.24, 2.45) is 0 Å². The van der Waals surface area contributed by atoms with Crippen LogP contribution in [0.4, 0.5) is 0 Å². The maximum Gasteiger partial charge on any atom is 0.219 e. The summed E-state index contributed by atoms with van der Waals surface area (Å²) in [6, 6.07) is 0.527. The molecule has 0 aromatic heterocycles. The molecule has 3 nitrogen and oxygen atoms in total. The van der Waals surface area contributed by atoms with Crippen LogP contribution >= 0.6 is 0 Å². The van der Waals surface area contributed by atoms with Gasteiger partial charge in [-0.25, -0.2) is 0 Å². The van der Waals surface area contributed by atoms with Gasteiger partial charge in [-0.15, -0.1) is 0 Å². The molecule has 1 heterocycles. The first kappa shape index (κ1) is 11.5. The zero-order valence-corrected chi connectivity index (χ0v) is 10.0. The fourth-order valence-corrected chi connectivity index (χ4v) is 1.89. The Morgan fingerprint density at radius 2 is 2.00 bits per heavy atom. The van der Waals surface area contributed by atoms with E-state index in [1.165, 1.54) is 0 Å². The Balaban J connectivity index is 2.54. The van der Waals surface area contributed by atoms with Gasteiger partial charge in [-0.05, 0) is 34.2 Å². The van der Waals surface area contributed by atoms with Crippen molar-refractivity contribution in [1.29, 1.82) is 0 Å². The summed E-state index contributed by atoms with van der Waals surface area (Å²) in [7, 11) is 2.15. The van der Waals surface area contributed by atoms with Crippen LogP contribution in [-0.4, -0.2) is 47.4 Å². The average Bonchev–Trinajstić information content (AvgIpc) is 2.48. The zero-order valence-electron chi connectivity index (χ0n) is 10.0. The Morgan fingerprint density at radius 1 is 1.43 bits per heavy atom. The van der Waals surface area contributed by atoms with Crippen molar-refractivity contribution in [2.45, 2.75) is 45.7 Å². The second kappa shape index (κ2) is 3.89. The molecule has 0 aliphatic carbocycles. The minimum atomic E-state index is 0.192. The molecule has 1 atom stereocenters. The summed E-state index contributed by atoms with van der Waals surface area (Å²) in [5.74, 6) is 0.204. The third-order valence-electron chi connectivity index (χ3n) is 3.21. The first-order valence-electron chi connectivity index (χ1n) is 5.31. The molecule has 3 heteroatoms. The Hall–Kier alpha value is -0.570.